The molecule has 0 atom stereocenters. The van der Waals surface area contributed by atoms with Crippen molar-refractivity contribution in [3.05, 3.63) is 0 Å². The van der Waals surface area contributed by atoms with Crippen molar-refractivity contribution in [3.8, 4) is 0 Å². The summed E-state index contributed by atoms with van der Waals surface area (Å²) in [6.07, 6.45) is 2.72. The zero-order chi connectivity index (χ0) is 5.82. The average Bonchev–Trinajstić information content (AvgIpc) is 1.90. The van der Waals surface area contributed by atoms with Gasteiger partial charge in [-0.15, -0.1) is 0 Å². The molecule has 0 unspecified atom stereocenters. The zero-order valence-corrected chi connectivity index (χ0v) is 6.13. The lowest BCUT2D eigenvalue weighted by molar-refractivity contribution is 0.528. The van der Waals surface area contributed by atoms with Gasteiger partial charge in [-0.25, -0.2) is 0 Å². The molecular formula is C6H13NS. The third-order valence-corrected chi connectivity index (χ3v) is 2.68. The summed E-state index contributed by atoms with van der Waals surface area (Å²) in [5, 5.41) is 3.29. The minimum atomic E-state index is 0.816. The van der Waals surface area contributed by atoms with Gasteiger partial charge in [0.25, 0.3) is 0 Å². The van der Waals surface area contributed by atoms with E-state index in [0.29, 0.717) is 0 Å². The van der Waals surface area contributed by atoms with E-state index >= 15 is 0 Å². The third-order valence-electron chi connectivity index (χ3n) is 1.63. The second kappa shape index (κ2) is 3.36. The van der Waals surface area contributed by atoms with Gasteiger partial charge < -0.3 is 5.32 Å². The highest BCUT2D eigenvalue weighted by Crippen LogP contribution is 2.15. The molecule has 8 heavy (non-hydrogen) atoms. The smallest absolute Gasteiger partial charge is 0.00797 e. The first-order valence-corrected chi connectivity index (χ1v) is 4.34. The van der Waals surface area contributed by atoms with Crippen molar-refractivity contribution in [3.63, 3.8) is 0 Å². The van der Waals surface area contributed by atoms with Crippen LogP contribution in [0.1, 0.15) is 12.8 Å². The Bertz CT molecular complexity index is 59.5. The van der Waals surface area contributed by atoms with Gasteiger partial charge in [-0.2, -0.15) is 11.8 Å². The fraction of sp³-hybridized carbons (Fsp3) is 1.00. The minimum absolute atomic E-state index is 0.816. The van der Waals surface area contributed by atoms with Gasteiger partial charge in [0.05, 0.1) is 0 Å². The molecule has 0 spiro atoms. The molecule has 0 aromatic heterocycles. The van der Waals surface area contributed by atoms with E-state index in [1.54, 1.807) is 0 Å². The van der Waals surface area contributed by atoms with Gasteiger partial charge in [-0.3, -0.25) is 0 Å². The van der Waals surface area contributed by atoms with E-state index in [4.69, 9.17) is 0 Å². The Morgan fingerprint density at radius 3 is 2.38 bits per heavy atom. The van der Waals surface area contributed by atoms with Crippen LogP contribution in [0.3, 0.4) is 0 Å². The molecule has 48 valence electrons. The largest absolute Gasteiger partial charge is 0.317 e. The van der Waals surface area contributed by atoms with Crippen LogP contribution in [0.25, 0.3) is 0 Å². The first-order chi connectivity index (χ1) is 3.93. The second-order valence-electron chi connectivity index (χ2n) is 2.18. The summed E-state index contributed by atoms with van der Waals surface area (Å²) in [5.41, 5.74) is 0. The molecule has 0 radical (unpaired) electrons. The number of hydrogen-bond acceptors (Lipinski definition) is 2. The Labute approximate surface area is 55.2 Å². The van der Waals surface area contributed by atoms with Crippen molar-refractivity contribution in [2.45, 2.75) is 18.9 Å². The lowest BCUT2D eigenvalue weighted by atomic mass is 10.2. The molecule has 1 aliphatic heterocycles. The number of hydrogen-bond donors (Lipinski definition) is 1. The Hall–Kier alpha value is 0.310. The van der Waals surface area contributed by atoms with Crippen molar-refractivity contribution in [1.82, 2.24) is 5.32 Å². The normalized spacial score (nSPS) is 23.6. The molecule has 0 amide bonds. The summed E-state index contributed by atoms with van der Waals surface area (Å²) in [7, 11) is 2.06. The Kier molecular flexibility index (Phi) is 2.70. The van der Waals surface area contributed by atoms with E-state index in [9.17, 15) is 0 Å². The van der Waals surface area contributed by atoms with Crippen LogP contribution in [0, 0.1) is 0 Å². The molecule has 1 heterocycles. The van der Waals surface area contributed by atoms with Crippen molar-refractivity contribution >= 4 is 11.8 Å². The first kappa shape index (κ1) is 6.43. The number of rotatable bonds is 1. The minimum Gasteiger partial charge on any atom is -0.317 e. The molecule has 0 aromatic rings. The molecule has 2 heteroatoms. The highest BCUT2D eigenvalue weighted by Gasteiger charge is 2.09. The number of thioether (sulfide) groups is 1. The van der Waals surface area contributed by atoms with E-state index in [2.05, 4.69) is 24.1 Å². The first-order valence-electron chi connectivity index (χ1n) is 3.18. The summed E-state index contributed by atoms with van der Waals surface area (Å²) < 4.78 is 0. The molecule has 0 bridgehead atoms. The van der Waals surface area contributed by atoms with Crippen molar-refractivity contribution < 1.29 is 0 Å². The van der Waals surface area contributed by atoms with Crippen LogP contribution in [0.2, 0.25) is 0 Å². The summed E-state index contributed by atoms with van der Waals surface area (Å²) in [6.45, 7) is 0. The van der Waals surface area contributed by atoms with E-state index in [0.717, 1.165) is 6.04 Å². The number of nitrogens with one attached hydrogen (secondary N) is 1. The van der Waals surface area contributed by atoms with Crippen LogP contribution in [-0.4, -0.2) is 24.6 Å². The molecule has 1 saturated heterocycles. The molecule has 1 nitrogen and oxygen atoms in total. The molecule has 0 aliphatic carbocycles. The Balaban J connectivity index is 2.13. The predicted molar refractivity (Wildman–Crippen MR) is 39.4 cm³/mol. The fourth-order valence-corrected chi connectivity index (χ4v) is 2.09. The lowest BCUT2D eigenvalue weighted by Crippen LogP contribution is -2.28. The topological polar surface area (TPSA) is 12.0 Å². The summed E-state index contributed by atoms with van der Waals surface area (Å²) >= 11 is 2.07. The van der Waals surface area contributed by atoms with Crippen LogP contribution in [0.15, 0.2) is 0 Å². The summed E-state index contributed by atoms with van der Waals surface area (Å²) in [6, 6.07) is 0.816. The van der Waals surface area contributed by atoms with E-state index in [-0.39, 0.29) is 0 Å². The molecule has 1 aliphatic rings. The van der Waals surface area contributed by atoms with Gasteiger partial charge in [0.15, 0.2) is 0 Å². The van der Waals surface area contributed by atoms with E-state index in [1.807, 2.05) is 0 Å². The third kappa shape index (κ3) is 1.67. The van der Waals surface area contributed by atoms with Gasteiger partial charge >= 0.3 is 0 Å². The maximum absolute atomic E-state index is 3.29. The van der Waals surface area contributed by atoms with Crippen molar-refractivity contribution in [2.75, 3.05) is 18.6 Å². The Morgan fingerprint density at radius 1 is 1.38 bits per heavy atom. The lowest BCUT2D eigenvalue weighted by Gasteiger charge is -2.19. The molecular weight excluding hydrogens is 118 g/mol. The van der Waals surface area contributed by atoms with Gasteiger partial charge in [0.1, 0.15) is 0 Å². The summed E-state index contributed by atoms with van der Waals surface area (Å²) in [4.78, 5) is 0. The molecule has 1 rings (SSSR count). The van der Waals surface area contributed by atoms with Crippen LogP contribution < -0.4 is 5.32 Å². The maximum Gasteiger partial charge on any atom is 0.00797 e. The highest BCUT2D eigenvalue weighted by atomic mass is 32.2. The molecule has 0 aromatic carbocycles. The van der Waals surface area contributed by atoms with Gasteiger partial charge in [-0.1, -0.05) is 0 Å². The SMILES string of the molecule is CNC1CCSCC1. The van der Waals surface area contributed by atoms with Crippen LogP contribution >= 0.6 is 11.8 Å². The quantitative estimate of drug-likeness (QED) is 0.572. The zero-order valence-electron chi connectivity index (χ0n) is 5.31. The van der Waals surface area contributed by atoms with Gasteiger partial charge in [0.2, 0.25) is 0 Å². The van der Waals surface area contributed by atoms with Gasteiger partial charge in [-0.05, 0) is 31.4 Å². The van der Waals surface area contributed by atoms with Crippen LogP contribution in [-0.2, 0) is 0 Å². The molecule has 1 N–H and O–H groups in total. The standard InChI is InChI=1S/C6H13NS/c1-7-6-2-4-8-5-3-6/h6-7H,2-5H2,1H3. The predicted octanol–water partition coefficient (Wildman–Crippen LogP) is 1.10. The highest BCUT2D eigenvalue weighted by molar-refractivity contribution is 7.99. The summed E-state index contributed by atoms with van der Waals surface area (Å²) in [5.74, 6) is 2.71. The second-order valence-corrected chi connectivity index (χ2v) is 3.40. The maximum atomic E-state index is 3.29. The average molecular weight is 131 g/mol. The molecule has 1 fully saturated rings. The van der Waals surface area contributed by atoms with Crippen molar-refractivity contribution in [1.29, 1.82) is 0 Å². The van der Waals surface area contributed by atoms with Gasteiger partial charge in [0, 0.05) is 6.04 Å². The monoisotopic (exact) mass is 131 g/mol. The fourth-order valence-electron chi connectivity index (χ4n) is 0.986. The van der Waals surface area contributed by atoms with Crippen LogP contribution in [0.4, 0.5) is 0 Å². The van der Waals surface area contributed by atoms with E-state index < -0.39 is 0 Å². The van der Waals surface area contributed by atoms with E-state index in [1.165, 1.54) is 24.3 Å². The molecule has 0 saturated carbocycles. The van der Waals surface area contributed by atoms with Crippen molar-refractivity contribution in [2.24, 2.45) is 0 Å². The van der Waals surface area contributed by atoms with Crippen LogP contribution in [0.5, 0.6) is 0 Å². The Morgan fingerprint density at radius 2 is 2.00 bits per heavy atom.